The highest BCUT2D eigenvalue weighted by Gasteiger charge is 2.14. The standard InChI is InChI=1S/C15H17N3O2/c16-9-13-8-12(6-7-17-13)15(20)18-14(10-19)11-4-2-1-3-5-11/h1-8,14,19H,9-10,16H2,(H,18,20)/t14-/m0/s1. The Balaban J connectivity index is 2.13. The van der Waals surface area contributed by atoms with Crippen LogP contribution in [-0.2, 0) is 6.54 Å². The number of carbonyl (C=O) groups is 1. The largest absolute Gasteiger partial charge is 0.394 e. The van der Waals surface area contributed by atoms with E-state index in [9.17, 15) is 9.90 Å². The van der Waals surface area contributed by atoms with Gasteiger partial charge >= 0.3 is 0 Å². The van der Waals surface area contributed by atoms with E-state index in [-0.39, 0.29) is 19.1 Å². The Morgan fingerprint density at radius 3 is 2.70 bits per heavy atom. The zero-order chi connectivity index (χ0) is 14.4. The second kappa shape index (κ2) is 6.79. The predicted octanol–water partition coefficient (Wildman–Crippen LogP) is 1.00. The van der Waals surface area contributed by atoms with Gasteiger partial charge in [0.15, 0.2) is 0 Å². The molecule has 0 aliphatic carbocycles. The average molecular weight is 271 g/mol. The Bertz CT molecular complexity index is 572. The summed E-state index contributed by atoms with van der Waals surface area (Å²) in [5, 5.41) is 12.2. The summed E-state index contributed by atoms with van der Waals surface area (Å²) in [7, 11) is 0. The number of amides is 1. The number of aromatic nitrogens is 1. The number of nitrogens with zero attached hydrogens (tertiary/aromatic N) is 1. The Kier molecular flexibility index (Phi) is 4.81. The van der Waals surface area contributed by atoms with E-state index in [1.807, 2.05) is 30.3 Å². The number of benzene rings is 1. The van der Waals surface area contributed by atoms with Crippen molar-refractivity contribution in [1.29, 1.82) is 0 Å². The predicted molar refractivity (Wildman–Crippen MR) is 75.9 cm³/mol. The van der Waals surface area contributed by atoms with Crippen molar-refractivity contribution in [2.45, 2.75) is 12.6 Å². The Morgan fingerprint density at radius 2 is 2.05 bits per heavy atom. The van der Waals surface area contributed by atoms with Crippen LogP contribution in [-0.4, -0.2) is 22.6 Å². The summed E-state index contributed by atoms with van der Waals surface area (Å²) >= 11 is 0. The molecule has 2 rings (SSSR count). The summed E-state index contributed by atoms with van der Waals surface area (Å²) in [6, 6.07) is 12.2. The van der Waals surface area contributed by atoms with Crippen LogP contribution < -0.4 is 11.1 Å². The molecule has 0 aliphatic heterocycles. The molecule has 20 heavy (non-hydrogen) atoms. The molecule has 0 saturated carbocycles. The first kappa shape index (κ1) is 14.2. The van der Waals surface area contributed by atoms with Crippen LogP contribution in [0.2, 0.25) is 0 Å². The average Bonchev–Trinajstić information content (AvgIpc) is 2.53. The van der Waals surface area contributed by atoms with Crippen LogP contribution in [0.15, 0.2) is 48.7 Å². The molecule has 4 N–H and O–H groups in total. The van der Waals surface area contributed by atoms with Crippen molar-refractivity contribution in [3.8, 4) is 0 Å². The smallest absolute Gasteiger partial charge is 0.251 e. The third-order valence-electron chi connectivity index (χ3n) is 2.98. The molecule has 1 atom stereocenters. The molecular weight excluding hydrogens is 254 g/mol. The third kappa shape index (κ3) is 3.40. The minimum Gasteiger partial charge on any atom is -0.394 e. The van der Waals surface area contributed by atoms with Gasteiger partial charge in [-0.2, -0.15) is 0 Å². The van der Waals surface area contributed by atoms with Gasteiger partial charge < -0.3 is 16.2 Å². The van der Waals surface area contributed by atoms with Crippen molar-refractivity contribution in [3.05, 3.63) is 65.5 Å². The van der Waals surface area contributed by atoms with Crippen molar-refractivity contribution >= 4 is 5.91 Å². The quantitative estimate of drug-likeness (QED) is 0.757. The zero-order valence-electron chi connectivity index (χ0n) is 11.0. The van der Waals surface area contributed by atoms with Gasteiger partial charge in [0.1, 0.15) is 0 Å². The molecule has 1 heterocycles. The first-order valence-electron chi connectivity index (χ1n) is 6.36. The van der Waals surface area contributed by atoms with E-state index in [1.54, 1.807) is 18.3 Å². The van der Waals surface area contributed by atoms with E-state index in [0.717, 1.165) is 5.56 Å². The molecule has 0 fully saturated rings. The number of aliphatic hydroxyl groups is 1. The van der Waals surface area contributed by atoms with Crippen LogP contribution in [0.3, 0.4) is 0 Å². The van der Waals surface area contributed by atoms with Gasteiger partial charge in [-0.25, -0.2) is 0 Å². The molecule has 0 spiro atoms. The van der Waals surface area contributed by atoms with Crippen molar-refractivity contribution in [3.63, 3.8) is 0 Å². The molecule has 1 amide bonds. The van der Waals surface area contributed by atoms with Gasteiger partial charge in [-0.1, -0.05) is 30.3 Å². The van der Waals surface area contributed by atoms with Gasteiger partial charge in [0.2, 0.25) is 0 Å². The first-order chi connectivity index (χ1) is 9.74. The Labute approximate surface area is 117 Å². The normalized spacial score (nSPS) is 11.9. The summed E-state index contributed by atoms with van der Waals surface area (Å²) in [6.45, 7) is 0.119. The molecule has 1 aromatic heterocycles. The van der Waals surface area contributed by atoms with Gasteiger partial charge in [0, 0.05) is 18.3 Å². The second-order valence-corrected chi connectivity index (χ2v) is 4.36. The Morgan fingerprint density at radius 1 is 1.30 bits per heavy atom. The number of hydrogen-bond donors (Lipinski definition) is 3. The van der Waals surface area contributed by atoms with Gasteiger partial charge in [-0.05, 0) is 17.7 Å². The fourth-order valence-electron chi connectivity index (χ4n) is 1.89. The van der Waals surface area contributed by atoms with E-state index >= 15 is 0 Å². The monoisotopic (exact) mass is 271 g/mol. The number of rotatable bonds is 5. The van der Waals surface area contributed by atoms with Gasteiger partial charge in [0.05, 0.1) is 18.3 Å². The molecule has 104 valence electrons. The Hall–Kier alpha value is -2.24. The van der Waals surface area contributed by atoms with E-state index in [2.05, 4.69) is 10.3 Å². The molecule has 0 unspecified atom stereocenters. The molecule has 1 aromatic carbocycles. The van der Waals surface area contributed by atoms with Crippen molar-refractivity contribution in [2.24, 2.45) is 5.73 Å². The maximum atomic E-state index is 12.2. The lowest BCUT2D eigenvalue weighted by atomic mass is 10.1. The lowest BCUT2D eigenvalue weighted by Gasteiger charge is -2.16. The highest BCUT2D eigenvalue weighted by molar-refractivity contribution is 5.94. The van der Waals surface area contributed by atoms with E-state index < -0.39 is 6.04 Å². The highest BCUT2D eigenvalue weighted by atomic mass is 16.3. The molecular formula is C15H17N3O2. The van der Waals surface area contributed by atoms with Gasteiger partial charge in [-0.3, -0.25) is 9.78 Å². The molecule has 5 heteroatoms. The van der Waals surface area contributed by atoms with Crippen molar-refractivity contribution < 1.29 is 9.90 Å². The molecule has 0 aliphatic rings. The number of nitrogens with two attached hydrogens (primary N) is 1. The van der Waals surface area contributed by atoms with Crippen LogP contribution in [0.1, 0.15) is 27.7 Å². The molecule has 0 saturated heterocycles. The van der Waals surface area contributed by atoms with Crippen LogP contribution in [0.25, 0.3) is 0 Å². The fourth-order valence-corrected chi connectivity index (χ4v) is 1.89. The summed E-state index contributed by atoms with van der Waals surface area (Å²) in [5.41, 5.74) is 7.49. The zero-order valence-corrected chi connectivity index (χ0v) is 11.0. The minimum absolute atomic E-state index is 0.162. The number of aliphatic hydroxyl groups excluding tert-OH is 1. The van der Waals surface area contributed by atoms with Crippen LogP contribution >= 0.6 is 0 Å². The summed E-state index contributed by atoms with van der Waals surface area (Å²) in [5.74, 6) is -0.259. The fraction of sp³-hybridized carbons (Fsp3) is 0.200. The van der Waals surface area contributed by atoms with E-state index in [0.29, 0.717) is 11.3 Å². The second-order valence-electron chi connectivity index (χ2n) is 4.36. The summed E-state index contributed by atoms with van der Waals surface area (Å²) < 4.78 is 0. The molecule has 0 radical (unpaired) electrons. The lowest BCUT2D eigenvalue weighted by molar-refractivity contribution is 0.0916. The molecule has 5 nitrogen and oxygen atoms in total. The third-order valence-corrected chi connectivity index (χ3v) is 2.98. The maximum Gasteiger partial charge on any atom is 0.251 e. The summed E-state index contributed by atoms with van der Waals surface area (Å²) in [4.78, 5) is 16.2. The van der Waals surface area contributed by atoms with E-state index in [4.69, 9.17) is 5.73 Å². The topological polar surface area (TPSA) is 88.2 Å². The molecule has 0 bridgehead atoms. The summed E-state index contributed by atoms with van der Waals surface area (Å²) in [6.07, 6.45) is 1.55. The van der Waals surface area contributed by atoms with Crippen LogP contribution in [0.4, 0.5) is 0 Å². The van der Waals surface area contributed by atoms with E-state index in [1.165, 1.54) is 0 Å². The maximum absolute atomic E-state index is 12.2. The van der Waals surface area contributed by atoms with Crippen LogP contribution in [0.5, 0.6) is 0 Å². The number of nitrogens with one attached hydrogen (secondary N) is 1. The van der Waals surface area contributed by atoms with Gasteiger partial charge in [0.25, 0.3) is 5.91 Å². The highest BCUT2D eigenvalue weighted by Crippen LogP contribution is 2.13. The number of pyridine rings is 1. The first-order valence-corrected chi connectivity index (χ1v) is 6.36. The van der Waals surface area contributed by atoms with Crippen molar-refractivity contribution in [1.82, 2.24) is 10.3 Å². The number of hydrogen-bond acceptors (Lipinski definition) is 4. The SMILES string of the molecule is NCc1cc(C(=O)N[C@@H](CO)c2ccccc2)ccn1. The van der Waals surface area contributed by atoms with Crippen LogP contribution in [0, 0.1) is 0 Å². The lowest BCUT2D eigenvalue weighted by Crippen LogP contribution is -2.30. The number of carbonyl (C=O) groups excluding carboxylic acids is 1. The van der Waals surface area contributed by atoms with Crippen molar-refractivity contribution in [2.75, 3.05) is 6.61 Å². The van der Waals surface area contributed by atoms with Gasteiger partial charge in [-0.15, -0.1) is 0 Å². The minimum atomic E-state index is -0.432. The molecule has 2 aromatic rings.